The molecule has 6 heteroatoms. The maximum atomic E-state index is 5.76. The van der Waals surface area contributed by atoms with Crippen molar-refractivity contribution in [1.82, 2.24) is 9.97 Å². The topological polar surface area (TPSA) is 74.2 Å². The lowest BCUT2D eigenvalue weighted by Crippen LogP contribution is -1.90. The van der Waals surface area contributed by atoms with Crippen molar-refractivity contribution in [3.8, 4) is 17.2 Å². The Kier molecular flexibility index (Phi) is 2.45. The van der Waals surface area contributed by atoms with E-state index in [1.807, 2.05) is 19.1 Å². The van der Waals surface area contributed by atoms with E-state index < -0.39 is 0 Å². The van der Waals surface area contributed by atoms with Crippen LogP contribution in [-0.4, -0.2) is 17.1 Å². The SMILES string of the molecule is COc1ncc(-c2ccc(C)o2)c2sc(N)nc12. The van der Waals surface area contributed by atoms with E-state index >= 15 is 0 Å². The summed E-state index contributed by atoms with van der Waals surface area (Å²) in [7, 11) is 1.56. The normalized spacial score (nSPS) is 11.0. The van der Waals surface area contributed by atoms with Gasteiger partial charge in [0, 0.05) is 6.20 Å². The number of methoxy groups -OCH3 is 1. The lowest BCUT2D eigenvalue weighted by atomic mass is 10.2. The monoisotopic (exact) mass is 261 g/mol. The van der Waals surface area contributed by atoms with E-state index in [0.717, 1.165) is 21.8 Å². The number of fused-ring (bicyclic) bond motifs is 1. The van der Waals surface area contributed by atoms with Crippen LogP contribution in [0.1, 0.15) is 5.76 Å². The number of pyridine rings is 1. The van der Waals surface area contributed by atoms with Crippen LogP contribution >= 0.6 is 11.3 Å². The Hall–Kier alpha value is -2.08. The first-order valence-electron chi connectivity index (χ1n) is 5.35. The summed E-state index contributed by atoms with van der Waals surface area (Å²) in [6.45, 7) is 1.90. The molecule has 0 aliphatic heterocycles. The van der Waals surface area contributed by atoms with Gasteiger partial charge in [-0.15, -0.1) is 0 Å². The summed E-state index contributed by atoms with van der Waals surface area (Å²) < 4.78 is 11.7. The number of nitrogen functional groups attached to an aromatic ring is 1. The lowest BCUT2D eigenvalue weighted by Gasteiger charge is -2.02. The molecule has 0 saturated carbocycles. The number of hydrogen-bond donors (Lipinski definition) is 1. The van der Waals surface area contributed by atoms with Crippen LogP contribution in [0.5, 0.6) is 5.88 Å². The highest BCUT2D eigenvalue weighted by Crippen LogP contribution is 2.37. The largest absolute Gasteiger partial charge is 0.479 e. The van der Waals surface area contributed by atoms with Gasteiger partial charge in [-0.05, 0) is 19.1 Å². The second-order valence-corrected chi connectivity index (χ2v) is 4.85. The molecule has 0 fully saturated rings. The molecule has 5 nitrogen and oxygen atoms in total. The van der Waals surface area contributed by atoms with Crippen molar-refractivity contribution in [3.05, 3.63) is 24.1 Å². The molecular formula is C12H11N3O2S. The van der Waals surface area contributed by atoms with E-state index in [1.54, 1.807) is 13.3 Å². The van der Waals surface area contributed by atoms with Crippen molar-refractivity contribution in [3.63, 3.8) is 0 Å². The van der Waals surface area contributed by atoms with Crippen LogP contribution in [0.3, 0.4) is 0 Å². The number of rotatable bonds is 2. The van der Waals surface area contributed by atoms with Gasteiger partial charge < -0.3 is 14.9 Å². The third-order valence-corrected chi connectivity index (χ3v) is 3.52. The van der Waals surface area contributed by atoms with Crippen molar-refractivity contribution in [2.45, 2.75) is 6.92 Å². The average molecular weight is 261 g/mol. The van der Waals surface area contributed by atoms with E-state index in [1.165, 1.54) is 11.3 Å². The molecule has 0 aliphatic rings. The maximum absolute atomic E-state index is 5.76. The highest BCUT2D eigenvalue weighted by Gasteiger charge is 2.16. The molecule has 3 heterocycles. The van der Waals surface area contributed by atoms with Gasteiger partial charge in [-0.25, -0.2) is 9.97 Å². The Labute approximate surface area is 107 Å². The number of aromatic nitrogens is 2. The molecule has 0 bridgehead atoms. The molecule has 0 spiro atoms. The average Bonchev–Trinajstić information content (AvgIpc) is 2.93. The minimum absolute atomic E-state index is 0.477. The van der Waals surface area contributed by atoms with Crippen molar-refractivity contribution in [2.24, 2.45) is 0 Å². The molecule has 2 N–H and O–H groups in total. The zero-order valence-corrected chi connectivity index (χ0v) is 10.7. The molecule has 0 saturated heterocycles. The molecular weight excluding hydrogens is 250 g/mol. The molecule has 0 atom stereocenters. The summed E-state index contributed by atoms with van der Waals surface area (Å²) in [6.07, 6.45) is 1.72. The standard InChI is InChI=1S/C12H11N3O2S/c1-6-3-4-8(17-6)7-5-14-11(16-2)9-10(7)18-12(13)15-9/h3-5H,1-2H3,(H2,13,15). The van der Waals surface area contributed by atoms with Gasteiger partial charge in [-0.2, -0.15) is 0 Å². The quantitative estimate of drug-likeness (QED) is 0.767. The predicted octanol–water partition coefficient (Wildman–Crippen LogP) is 2.85. The number of nitrogens with two attached hydrogens (primary N) is 1. The first-order valence-corrected chi connectivity index (χ1v) is 6.16. The summed E-state index contributed by atoms with van der Waals surface area (Å²) in [4.78, 5) is 8.47. The minimum Gasteiger partial charge on any atom is -0.479 e. The van der Waals surface area contributed by atoms with Crippen LogP contribution in [0.4, 0.5) is 5.13 Å². The molecule has 0 unspecified atom stereocenters. The molecule has 0 aliphatic carbocycles. The number of aryl methyl sites for hydroxylation is 1. The Morgan fingerprint density at radius 1 is 1.39 bits per heavy atom. The molecule has 3 aromatic heterocycles. The van der Waals surface area contributed by atoms with Gasteiger partial charge in [0.05, 0.1) is 17.4 Å². The van der Waals surface area contributed by atoms with Crippen LogP contribution < -0.4 is 10.5 Å². The Bertz CT molecular complexity index is 717. The smallest absolute Gasteiger partial charge is 0.241 e. The number of thiazole rings is 1. The number of furan rings is 1. The van der Waals surface area contributed by atoms with E-state index in [4.69, 9.17) is 14.9 Å². The zero-order chi connectivity index (χ0) is 12.7. The highest BCUT2D eigenvalue weighted by atomic mass is 32.1. The minimum atomic E-state index is 0.477. The molecule has 18 heavy (non-hydrogen) atoms. The summed E-state index contributed by atoms with van der Waals surface area (Å²) in [6, 6.07) is 3.82. The van der Waals surface area contributed by atoms with E-state index in [-0.39, 0.29) is 0 Å². The first-order chi connectivity index (χ1) is 8.69. The van der Waals surface area contributed by atoms with Gasteiger partial charge in [-0.3, -0.25) is 0 Å². The Morgan fingerprint density at radius 2 is 2.22 bits per heavy atom. The van der Waals surface area contributed by atoms with Crippen LogP contribution in [0, 0.1) is 6.92 Å². The van der Waals surface area contributed by atoms with E-state index in [0.29, 0.717) is 16.5 Å². The van der Waals surface area contributed by atoms with Crippen molar-refractivity contribution >= 4 is 26.7 Å². The fraction of sp³-hybridized carbons (Fsp3) is 0.167. The van der Waals surface area contributed by atoms with Crippen molar-refractivity contribution < 1.29 is 9.15 Å². The second-order valence-electron chi connectivity index (χ2n) is 3.82. The first kappa shape index (κ1) is 11.0. The van der Waals surface area contributed by atoms with Crippen LogP contribution in [0.25, 0.3) is 21.5 Å². The fourth-order valence-electron chi connectivity index (χ4n) is 1.81. The third kappa shape index (κ3) is 1.62. The van der Waals surface area contributed by atoms with Crippen LogP contribution in [0.2, 0.25) is 0 Å². The third-order valence-electron chi connectivity index (χ3n) is 2.60. The Balaban J connectivity index is 2.30. The van der Waals surface area contributed by atoms with Gasteiger partial charge in [0.1, 0.15) is 17.0 Å². The van der Waals surface area contributed by atoms with Gasteiger partial charge in [0.2, 0.25) is 5.88 Å². The number of ether oxygens (including phenoxy) is 1. The number of anilines is 1. The number of hydrogen-bond acceptors (Lipinski definition) is 6. The summed E-state index contributed by atoms with van der Waals surface area (Å²) in [5.41, 5.74) is 7.32. The van der Waals surface area contributed by atoms with E-state index in [2.05, 4.69) is 9.97 Å². The van der Waals surface area contributed by atoms with Gasteiger partial charge in [-0.1, -0.05) is 11.3 Å². The molecule has 0 radical (unpaired) electrons. The van der Waals surface area contributed by atoms with Gasteiger partial charge in [0.25, 0.3) is 0 Å². The predicted molar refractivity (Wildman–Crippen MR) is 70.8 cm³/mol. The Morgan fingerprint density at radius 3 is 2.89 bits per heavy atom. The second kappa shape index (κ2) is 3.99. The van der Waals surface area contributed by atoms with E-state index in [9.17, 15) is 0 Å². The molecule has 0 amide bonds. The fourth-order valence-corrected chi connectivity index (χ4v) is 2.65. The van der Waals surface area contributed by atoms with Crippen molar-refractivity contribution in [1.29, 1.82) is 0 Å². The van der Waals surface area contributed by atoms with Crippen LogP contribution in [-0.2, 0) is 0 Å². The van der Waals surface area contributed by atoms with Gasteiger partial charge >= 0.3 is 0 Å². The number of nitrogens with zero attached hydrogens (tertiary/aromatic N) is 2. The highest BCUT2D eigenvalue weighted by molar-refractivity contribution is 7.22. The van der Waals surface area contributed by atoms with Crippen LogP contribution in [0.15, 0.2) is 22.7 Å². The lowest BCUT2D eigenvalue weighted by molar-refractivity contribution is 0.402. The molecule has 3 aromatic rings. The zero-order valence-electron chi connectivity index (χ0n) is 9.93. The van der Waals surface area contributed by atoms with Gasteiger partial charge in [0.15, 0.2) is 5.13 Å². The maximum Gasteiger partial charge on any atom is 0.241 e. The summed E-state index contributed by atoms with van der Waals surface area (Å²) in [5, 5.41) is 0.487. The molecule has 3 rings (SSSR count). The summed E-state index contributed by atoms with van der Waals surface area (Å²) in [5.74, 6) is 2.09. The van der Waals surface area contributed by atoms with Crippen molar-refractivity contribution in [2.75, 3.05) is 12.8 Å². The molecule has 92 valence electrons. The summed E-state index contributed by atoms with van der Waals surface area (Å²) >= 11 is 1.40. The molecule has 0 aromatic carbocycles.